The largest absolute Gasteiger partial charge is 0.344 e. The van der Waals surface area contributed by atoms with E-state index in [1.165, 1.54) is 12.5 Å². The first-order valence-electron chi connectivity index (χ1n) is 3.45. The van der Waals surface area contributed by atoms with Crippen molar-refractivity contribution in [3.05, 3.63) is 28.6 Å². The van der Waals surface area contributed by atoms with Crippen LogP contribution in [0.4, 0.5) is 0 Å². The predicted octanol–water partition coefficient (Wildman–Crippen LogP) is 0.0215. The van der Waals surface area contributed by atoms with Gasteiger partial charge in [0.15, 0.2) is 0 Å². The molecule has 5 nitrogen and oxygen atoms in total. The predicted molar refractivity (Wildman–Crippen MR) is 42.7 cm³/mol. The van der Waals surface area contributed by atoms with Crippen molar-refractivity contribution in [1.29, 1.82) is 0 Å². The maximum absolute atomic E-state index is 11.2. The average molecular weight is 162 g/mol. The zero-order valence-corrected chi connectivity index (χ0v) is 6.40. The number of nitrogens with zero attached hydrogens (tertiary/aromatic N) is 3. The Hall–Kier alpha value is -1.78. The number of aromatic amines is 1. The summed E-state index contributed by atoms with van der Waals surface area (Å²) >= 11 is 0. The molecule has 0 amide bonds. The van der Waals surface area contributed by atoms with Gasteiger partial charge in [-0.05, 0) is 6.92 Å². The second kappa shape index (κ2) is 2.37. The van der Waals surface area contributed by atoms with Gasteiger partial charge in [-0.2, -0.15) is 15.2 Å². The van der Waals surface area contributed by atoms with E-state index in [4.69, 9.17) is 0 Å². The van der Waals surface area contributed by atoms with Gasteiger partial charge in [0.25, 0.3) is 5.56 Å². The summed E-state index contributed by atoms with van der Waals surface area (Å²) in [4.78, 5) is 17.6. The molecule has 1 N–H and O–H groups in total. The van der Waals surface area contributed by atoms with Gasteiger partial charge in [0, 0.05) is 0 Å². The quantitative estimate of drug-likeness (QED) is 0.592. The molecule has 0 aliphatic heterocycles. The van der Waals surface area contributed by atoms with Gasteiger partial charge in [-0.15, -0.1) is 0 Å². The van der Waals surface area contributed by atoms with Crippen molar-refractivity contribution >= 4 is 10.9 Å². The van der Waals surface area contributed by atoms with Crippen LogP contribution in [0.15, 0.2) is 17.3 Å². The van der Waals surface area contributed by atoms with Gasteiger partial charge in [0.1, 0.15) is 0 Å². The summed E-state index contributed by atoms with van der Waals surface area (Å²) in [6, 6.07) is 0. The summed E-state index contributed by atoms with van der Waals surface area (Å²) in [5, 5.41) is 7.97. The molecule has 0 atom stereocenters. The lowest BCUT2D eigenvalue weighted by molar-refractivity contribution is 0.986. The van der Waals surface area contributed by atoms with E-state index in [2.05, 4.69) is 20.2 Å². The van der Waals surface area contributed by atoms with Crippen molar-refractivity contribution in [3.8, 4) is 0 Å². The third-order valence-corrected chi connectivity index (χ3v) is 1.64. The molecule has 5 heteroatoms. The number of rotatable bonds is 0. The minimum atomic E-state index is -0.267. The zero-order valence-electron chi connectivity index (χ0n) is 6.40. The SMILES string of the molecule is Cc1nncc2[nH]cnc(=O)c12. The number of hydrogen-bond donors (Lipinski definition) is 1. The molecule has 2 aromatic heterocycles. The van der Waals surface area contributed by atoms with Crippen LogP contribution in [0.5, 0.6) is 0 Å². The van der Waals surface area contributed by atoms with Crippen molar-refractivity contribution in [3.63, 3.8) is 0 Å². The molecule has 12 heavy (non-hydrogen) atoms. The van der Waals surface area contributed by atoms with E-state index in [1.807, 2.05) is 0 Å². The number of fused-ring (bicyclic) bond motifs is 1. The molecular formula is C7H6N4O. The molecule has 0 unspecified atom stereocenters. The molecule has 0 radical (unpaired) electrons. The molecule has 2 aromatic rings. The lowest BCUT2D eigenvalue weighted by atomic mass is 10.3. The average Bonchev–Trinajstić information content (AvgIpc) is 2.04. The zero-order chi connectivity index (χ0) is 8.55. The number of aromatic nitrogens is 4. The number of H-pyrrole nitrogens is 1. The van der Waals surface area contributed by atoms with Gasteiger partial charge in [0.05, 0.1) is 29.1 Å². The molecule has 0 aliphatic carbocycles. The second-order valence-corrected chi connectivity index (χ2v) is 2.43. The topological polar surface area (TPSA) is 71.5 Å². The minimum absolute atomic E-state index is 0.267. The van der Waals surface area contributed by atoms with Crippen LogP contribution in [0, 0.1) is 6.92 Å². The molecule has 60 valence electrons. The fraction of sp³-hybridized carbons (Fsp3) is 0.143. The molecule has 0 saturated heterocycles. The van der Waals surface area contributed by atoms with E-state index in [0.717, 1.165) is 0 Å². The number of hydrogen-bond acceptors (Lipinski definition) is 4. The van der Waals surface area contributed by atoms with Gasteiger partial charge in [-0.3, -0.25) is 4.79 Å². The maximum atomic E-state index is 11.2. The van der Waals surface area contributed by atoms with Crippen LogP contribution < -0.4 is 5.56 Å². The summed E-state index contributed by atoms with van der Waals surface area (Å²) in [5.74, 6) is 0. The van der Waals surface area contributed by atoms with Gasteiger partial charge >= 0.3 is 0 Å². The van der Waals surface area contributed by atoms with E-state index in [0.29, 0.717) is 16.6 Å². The normalized spacial score (nSPS) is 10.4. The Balaban J connectivity index is 3.07. The summed E-state index contributed by atoms with van der Waals surface area (Å²) in [7, 11) is 0. The molecule has 0 aromatic carbocycles. The van der Waals surface area contributed by atoms with E-state index < -0.39 is 0 Å². The first-order valence-corrected chi connectivity index (χ1v) is 3.45. The summed E-state index contributed by atoms with van der Waals surface area (Å²) < 4.78 is 0. The highest BCUT2D eigenvalue weighted by Gasteiger charge is 2.02. The Morgan fingerprint density at radius 2 is 2.33 bits per heavy atom. The first kappa shape index (κ1) is 6.90. The Morgan fingerprint density at radius 1 is 1.50 bits per heavy atom. The van der Waals surface area contributed by atoms with Crippen LogP contribution in [-0.2, 0) is 0 Å². The van der Waals surface area contributed by atoms with Crippen LogP contribution in [-0.4, -0.2) is 20.2 Å². The van der Waals surface area contributed by atoms with Crippen molar-refractivity contribution < 1.29 is 0 Å². The third-order valence-electron chi connectivity index (χ3n) is 1.64. The van der Waals surface area contributed by atoms with Crippen LogP contribution in [0.25, 0.3) is 10.9 Å². The van der Waals surface area contributed by atoms with Crippen molar-refractivity contribution in [1.82, 2.24) is 20.2 Å². The van der Waals surface area contributed by atoms with Gasteiger partial charge in [0.2, 0.25) is 0 Å². The monoisotopic (exact) mass is 162 g/mol. The fourth-order valence-electron chi connectivity index (χ4n) is 1.09. The first-order chi connectivity index (χ1) is 5.79. The van der Waals surface area contributed by atoms with Crippen molar-refractivity contribution in [2.24, 2.45) is 0 Å². The minimum Gasteiger partial charge on any atom is -0.344 e. The Labute approximate surface area is 67.5 Å². The lowest BCUT2D eigenvalue weighted by Gasteiger charge is -1.95. The van der Waals surface area contributed by atoms with Crippen molar-refractivity contribution in [2.45, 2.75) is 6.92 Å². The molecule has 2 rings (SSSR count). The second-order valence-electron chi connectivity index (χ2n) is 2.43. The number of nitrogens with one attached hydrogen (secondary N) is 1. The fourth-order valence-corrected chi connectivity index (χ4v) is 1.09. The van der Waals surface area contributed by atoms with E-state index >= 15 is 0 Å². The third kappa shape index (κ3) is 0.868. The molecule has 0 saturated carbocycles. The van der Waals surface area contributed by atoms with Gasteiger partial charge in [-0.25, -0.2) is 0 Å². The standard InChI is InChI=1S/C7H6N4O/c1-4-6-5(2-10-11-4)8-3-9-7(6)12/h2-3H,1H3,(H,8,9,12). The van der Waals surface area contributed by atoms with Crippen LogP contribution >= 0.6 is 0 Å². The lowest BCUT2D eigenvalue weighted by Crippen LogP contribution is -2.09. The molecule has 2 heterocycles. The van der Waals surface area contributed by atoms with Gasteiger partial charge < -0.3 is 4.98 Å². The Morgan fingerprint density at radius 3 is 3.08 bits per heavy atom. The number of aryl methyl sites for hydroxylation is 1. The summed E-state index contributed by atoms with van der Waals surface area (Å²) in [6.45, 7) is 1.73. The smallest absolute Gasteiger partial charge is 0.282 e. The maximum Gasteiger partial charge on any atom is 0.282 e. The highest BCUT2D eigenvalue weighted by Crippen LogP contribution is 2.04. The summed E-state index contributed by atoms with van der Waals surface area (Å²) in [5.41, 5.74) is 1.00. The highest BCUT2D eigenvalue weighted by molar-refractivity contribution is 5.77. The molecule has 0 spiro atoms. The molecule has 0 fully saturated rings. The van der Waals surface area contributed by atoms with Crippen LogP contribution in [0.3, 0.4) is 0 Å². The Bertz CT molecular complexity index is 471. The van der Waals surface area contributed by atoms with Crippen LogP contribution in [0.1, 0.15) is 5.69 Å². The van der Waals surface area contributed by atoms with Crippen molar-refractivity contribution in [2.75, 3.05) is 0 Å². The molecule has 0 bridgehead atoms. The molecule has 0 aliphatic rings. The van der Waals surface area contributed by atoms with E-state index in [1.54, 1.807) is 6.92 Å². The summed E-state index contributed by atoms with van der Waals surface area (Å²) in [6.07, 6.45) is 2.86. The highest BCUT2D eigenvalue weighted by atomic mass is 16.1. The molecular weight excluding hydrogens is 156 g/mol. The Kier molecular flexibility index (Phi) is 1.36. The van der Waals surface area contributed by atoms with Gasteiger partial charge in [-0.1, -0.05) is 0 Å². The van der Waals surface area contributed by atoms with E-state index in [9.17, 15) is 4.79 Å². The van der Waals surface area contributed by atoms with Crippen LogP contribution in [0.2, 0.25) is 0 Å². The van der Waals surface area contributed by atoms with E-state index in [-0.39, 0.29) is 5.56 Å².